The van der Waals surface area contributed by atoms with Crippen LogP contribution < -0.4 is 10.6 Å². The second kappa shape index (κ2) is 8.87. The van der Waals surface area contributed by atoms with E-state index in [1.807, 2.05) is 18.4 Å². The summed E-state index contributed by atoms with van der Waals surface area (Å²) >= 11 is 1.81. The molecule has 1 unspecified atom stereocenters. The van der Waals surface area contributed by atoms with Crippen molar-refractivity contribution in [2.75, 3.05) is 13.6 Å². The zero-order valence-corrected chi connectivity index (χ0v) is 16.5. The van der Waals surface area contributed by atoms with Crippen LogP contribution in [0.1, 0.15) is 39.5 Å². The average molecular weight is 409 g/mol. The summed E-state index contributed by atoms with van der Waals surface area (Å²) in [5, 5.41) is 8.99. The number of nitrogens with zero attached hydrogens (tertiary/aromatic N) is 1. The first-order valence-electron chi connectivity index (χ1n) is 6.88. The summed E-state index contributed by atoms with van der Waals surface area (Å²) in [6.45, 7) is 12.0. The molecule has 0 amide bonds. The summed E-state index contributed by atoms with van der Waals surface area (Å²) < 4.78 is 0. The van der Waals surface area contributed by atoms with Crippen LogP contribution in [0, 0.1) is 5.92 Å². The molecule has 1 rings (SSSR count). The van der Waals surface area contributed by atoms with Crippen molar-refractivity contribution in [2.45, 2.75) is 46.1 Å². The van der Waals surface area contributed by atoms with Gasteiger partial charge in [-0.3, -0.25) is 4.99 Å². The molecular formula is C15H28IN3S. The number of hydrogen-bond donors (Lipinski definition) is 2. The molecule has 1 heterocycles. The van der Waals surface area contributed by atoms with Crippen molar-refractivity contribution in [3.05, 3.63) is 22.4 Å². The molecule has 0 aliphatic carbocycles. The largest absolute Gasteiger partial charge is 0.356 e. The molecule has 0 aliphatic heterocycles. The second-order valence-corrected chi connectivity index (χ2v) is 6.91. The highest BCUT2D eigenvalue weighted by Gasteiger charge is 2.22. The molecule has 0 spiro atoms. The van der Waals surface area contributed by atoms with Crippen molar-refractivity contribution >= 4 is 41.3 Å². The Kier molecular flexibility index (Phi) is 8.74. The minimum Gasteiger partial charge on any atom is -0.356 e. The zero-order chi connectivity index (χ0) is 14.5. The molecule has 0 saturated carbocycles. The average Bonchev–Trinajstić information content (AvgIpc) is 2.88. The van der Waals surface area contributed by atoms with Crippen molar-refractivity contribution in [1.82, 2.24) is 10.6 Å². The SMILES string of the molecule is CN=C(NCC(C)(C)c1cccs1)NC(C)C(C)C.I. The van der Waals surface area contributed by atoms with Crippen LogP contribution in [0.5, 0.6) is 0 Å². The second-order valence-electron chi connectivity index (χ2n) is 5.96. The molecular weight excluding hydrogens is 381 g/mol. The fourth-order valence-corrected chi connectivity index (χ4v) is 2.48. The van der Waals surface area contributed by atoms with E-state index in [4.69, 9.17) is 0 Å². The lowest BCUT2D eigenvalue weighted by atomic mass is 9.91. The van der Waals surface area contributed by atoms with Crippen molar-refractivity contribution in [3.8, 4) is 0 Å². The predicted octanol–water partition coefficient (Wildman–Crippen LogP) is 3.85. The van der Waals surface area contributed by atoms with Gasteiger partial charge in [-0.05, 0) is 24.3 Å². The fourth-order valence-electron chi connectivity index (χ4n) is 1.63. The van der Waals surface area contributed by atoms with Gasteiger partial charge in [0.05, 0.1) is 0 Å². The van der Waals surface area contributed by atoms with E-state index in [9.17, 15) is 0 Å². The van der Waals surface area contributed by atoms with Gasteiger partial charge in [-0.2, -0.15) is 0 Å². The molecule has 3 nitrogen and oxygen atoms in total. The Morgan fingerprint density at radius 2 is 2.00 bits per heavy atom. The minimum atomic E-state index is 0. The van der Waals surface area contributed by atoms with E-state index in [0.29, 0.717) is 12.0 Å². The van der Waals surface area contributed by atoms with Gasteiger partial charge in [-0.15, -0.1) is 35.3 Å². The van der Waals surface area contributed by atoms with Crippen molar-refractivity contribution in [2.24, 2.45) is 10.9 Å². The Hall–Kier alpha value is -0.300. The number of thiophene rings is 1. The highest BCUT2D eigenvalue weighted by atomic mass is 127. The third kappa shape index (κ3) is 5.99. The summed E-state index contributed by atoms with van der Waals surface area (Å²) in [5.74, 6) is 1.47. The van der Waals surface area contributed by atoms with E-state index < -0.39 is 0 Å². The van der Waals surface area contributed by atoms with Crippen LogP contribution >= 0.6 is 35.3 Å². The Balaban J connectivity index is 0.00000361. The van der Waals surface area contributed by atoms with Crippen LogP contribution in [0.2, 0.25) is 0 Å². The summed E-state index contributed by atoms with van der Waals surface area (Å²) in [7, 11) is 1.82. The maximum Gasteiger partial charge on any atom is 0.191 e. The van der Waals surface area contributed by atoms with E-state index in [1.165, 1.54) is 4.88 Å². The smallest absolute Gasteiger partial charge is 0.191 e. The van der Waals surface area contributed by atoms with Crippen LogP contribution in [0.25, 0.3) is 0 Å². The number of aliphatic imine (C=N–C) groups is 1. The topological polar surface area (TPSA) is 36.4 Å². The van der Waals surface area contributed by atoms with Crippen LogP contribution in [-0.2, 0) is 5.41 Å². The van der Waals surface area contributed by atoms with E-state index in [1.54, 1.807) is 0 Å². The van der Waals surface area contributed by atoms with Gasteiger partial charge in [0.15, 0.2) is 5.96 Å². The number of guanidine groups is 1. The Bertz CT molecular complexity index is 399. The summed E-state index contributed by atoms with van der Waals surface area (Å²) in [6.07, 6.45) is 0. The molecule has 0 aromatic carbocycles. The lowest BCUT2D eigenvalue weighted by Gasteiger charge is -2.27. The molecule has 0 bridgehead atoms. The van der Waals surface area contributed by atoms with Gasteiger partial charge in [-0.25, -0.2) is 0 Å². The Morgan fingerprint density at radius 1 is 1.35 bits per heavy atom. The zero-order valence-electron chi connectivity index (χ0n) is 13.4. The highest BCUT2D eigenvalue weighted by molar-refractivity contribution is 14.0. The summed E-state index contributed by atoms with van der Waals surface area (Å²) in [4.78, 5) is 5.69. The molecule has 1 aromatic rings. The van der Waals surface area contributed by atoms with Crippen LogP contribution in [0.4, 0.5) is 0 Å². The molecule has 116 valence electrons. The van der Waals surface area contributed by atoms with Crippen molar-refractivity contribution in [3.63, 3.8) is 0 Å². The summed E-state index contributed by atoms with van der Waals surface area (Å²) in [6, 6.07) is 4.71. The lowest BCUT2D eigenvalue weighted by molar-refractivity contribution is 0.470. The number of nitrogens with one attached hydrogen (secondary N) is 2. The van der Waals surface area contributed by atoms with Gasteiger partial charge in [0, 0.05) is 29.9 Å². The molecule has 1 atom stereocenters. The van der Waals surface area contributed by atoms with Gasteiger partial charge in [0.2, 0.25) is 0 Å². The molecule has 0 radical (unpaired) electrons. The number of hydrogen-bond acceptors (Lipinski definition) is 2. The van der Waals surface area contributed by atoms with E-state index in [2.05, 4.69) is 67.8 Å². The Labute approximate surface area is 144 Å². The first-order valence-corrected chi connectivity index (χ1v) is 7.76. The van der Waals surface area contributed by atoms with E-state index >= 15 is 0 Å². The maximum absolute atomic E-state index is 4.29. The van der Waals surface area contributed by atoms with Crippen molar-refractivity contribution in [1.29, 1.82) is 0 Å². The third-order valence-corrected chi connectivity index (χ3v) is 4.71. The Morgan fingerprint density at radius 3 is 2.45 bits per heavy atom. The minimum absolute atomic E-state index is 0. The number of rotatable bonds is 5. The van der Waals surface area contributed by atoms with E-state index in [0.717, 1.165) is 12.5 Å². The van der Waals surface area contributed by atoms with Gasteiger partial charge < -0.3 is 10.6 Å². The summed E-state index contributed by atoms with van der Waals surface area (Å²) in [5.41, 5.74) is 0.118. The molecule has 1 aromatic heterocycles. The molecule has 5 heteroatoms. The highest BCUT2D eigenvalue weighted by Crippen LogP contribution is 2.26. The molecule has 2 N–H and O–H groups in total. The van der Waals surface area contributed by atoms with Crippen LogP contribution in [0.3, 0.4) is 0 Å². The monoisotopic (exact) mass is 409 g/mol. The normalized spacial score (nSPS) is 13.8. The molecule has 20 heavy (non-hydrogen) atoms. The first kappa shape index (κ1) is 19.7. The number of halogens is 1. The van der Waals surface area contributed by atoms with Gasteiger partial charge >= 0.3 is 0 Å². The van der Waals surface area contributed by atoms with Gasteiger partial charge in [0.25, 0.3) is 0 Å². The van der Waals surface area contributed by atoms with Crippen LogP contribution in [0.15, 0.2) is 22.5 Å². The molecule has 0 aliphatic rings. The van der Waals surface area contributed by atoms with Crippen LogP contribution in [-0.4, -0.2) is 25.6 Å². The lowest BCUT2D eigenvalue weighted by Crippen LogP contribution is -2.47. The van der Waals surface area contributed by atoms with Gasteiger partial charge in [0.1, 0.15) is 0 Å². The van der Waals surface area contributed by atoms with E-state index in [-0.39, 0.29) is 29.4 Å². The van der Waals surface area contributed by atoms with Crippen molar-refractivity contribution < 1.29 is 0 Å². The standard InChI is InChI=1S/C15H27N3S.HI/c1-11(2)12(3)18-14(16-6)17-10-15(4,5)13-8-7-9-19-13;/h7-9,11-12H,10H2,1-6H3,(H2,16,17,18);1H. The quantitative estimate of drug-likeness (QED) is 0.440. The fraction of sp³-hybridized carbons (Fsp3) is 0.667. The third-order valence-electron chi connectivity index (χ3n) is 3.47. The molecule has 0 fully saturated rings. The van der Waals surface area contributed by atoms with Gasteiger partial charge in [-0.1, -0.05) is 33.8 Å². The maximum atomic E-state index is 4.29. The molecule has 0 saturated heterocycles. The first-order chi connectivity index (χ1) is 8.86. The predicted molar refractivity (Wildman–Crippen MR) is 102 cm³/mol.